The topological polar surface area (TPSA) is 110 Å². The first-order valence-electron chi connectivity index (χ1n) is 6.71. The van der Waals surface area contributed by atoms with Crippen LogP contribution < -0.4 is 0 Å². The Morgan fingerprint density at radius 3 is 2.45 bits per heavy atom. The van der Waals surface area contributed by atoms with Crippen LogP contribution in [-0.2, 0) is 16.1 Å². The summed E-state index contributed by atoms with van der Waals surface area (Å²) < 4.78 is 0. The summed E-state index contributed by atoms with van der Waals surface area (Å²) in [5, 5.41) is 25.3. The van der Waals surface area contributed by atoms with Gasteiger partial charge in [0.15, 0.2) is 0 Å². The van der Waals surface area contributed by atoms with Gasteiger partial charge in [0.1, 0.15) is 11.9 Å². The van der Waals surface area contributed by atoms with Gasteiger partial charge < -0.3 is 20.2 Å². The van der Waals surface area contributed by atoms with Crippen LogP contribution in [0.25, 0.3) is 0 Å². The molecule has 1 aromatic carbocycles. The van der Waals surface area contributed by atoms with E-state index in [0.717, 1.165) is 31.0 Å². The van der Waals surface area contributed by atoms with Crippen LogP contribution in [0, 0.1) is 0 Å². The number of carbonyl (C=O) groups is 2. The fourth-order valence-electron chi connectivity index (χ4n) is 2.26. The number of aliphatic carboxylic acids is 2. The minimum absolute atomic E-state index is 0.358. The van der Waals surface area contributed by atoms with Gasteiger partial charge in [-0.2, -0.15) is 0 Å². The highest BCUT2D eigenvalue weighted by atomic mass is 16.4. The normalized spacial score (nSPS) is 18.9. The van der Waals surface area contributed by atoms with Gasteiger partial charge in [0.2, 0.25) is 0 Å². The van der Waals surface area contributed by atoms with E-state index in [4.69, 9.17) is 10.2 Å². The largest absolute Gasteiger partial charge is 0.478 e. The molecule has 1 unspecified atom stereocenters. The van der Waals surface area contributed by atoms with Gasteiger partial charge in [0.25, 0.3) is 0 Å². The molecule has 7 nitrogen and oxygen atoms in total. The van der Waals surface area contributed by atoms with Crippen molar-refractivity contribution in [1.82, 2.24) is 4.90 Å². The van der Waals surface area contributed by atoms with Crippen LogP contribution in [0.5, 0.6) is 0 Å². The van der Waals surface area contributed by atoms with E-state index in [9.17, 15) is 14.7 Å². The predicted molar refractivity (Wildman–Crippen MR) is 79.0 cm³/mol. The molecule has 0 spiro atoms. The monoisotopic (exact) mass is 304 g/mol. The van der Waals surface area contributed by atoms with Crippen molar-refractivity contribution >= 4 is 23.5 Å². The van der Waals surface area contributed by atoms with Crippen molar-refractivity contribution in [3.05, 3.63) is 42.0 Å². The van der Waals surface area contributed by atoms with Gasteiger partial charge >= 0.3 is 11.9 Å². The second-order valence-corrected chi connectivity index (χ2v) is 4.83. The fraction of sp³-hybridized carbons (Fsp3) is 0.267. The first-order chi connectivity index (χ1) is 10.5. The molecule has 2 heterocycles. The number of fused-ring (bicyclic) bond motifs is 2. The van der Waals surface area contributed by atoms with Crippen molar-refractivity contribution in [3.63, 3.8) is 0 Å². The highest BCUT2D eigenvalue weighted by molar-refractivity contribution is 5.92. The number of hydrogen-bond acceptors (Lipinski definition) is 5. The molecule has 0 saturated carbocycles. The number of aliphatic hydroxyl groups excluding tert-OH is 1. The quantitative estimate of drug-likeness (QED) is 0.703. The third kappa shape index (κ3) is 3.92. The van der Waals surface area contributed by atoms with Gasteiger partial charge in [-0.3, -0.25) is 0 Å². The number of hydrogen-bond donors (Lipinski definition) is 3. The standard InChI is InChI=1S/C11H12N2O.C4H4O4/c14-10-5-6-13-7-8-3-1-2-4-9(8)12-11(10)13;5-3(6)1-2-4(7)8/h1-4,10,14H,5-7H2;1-2H,(H,5,6)(H,7,8)/b;2-1+. The number of carboxylic acid groups (broad SMARTS) is 2. The number of amidine groups is 1. The summed E-state index contributed by atoms with van der Waals surface area (Å²) >= 11 is 0. The summed E-state index contributed by atoms with van der Waals surface area (Å²) in [7, 11) is 0. The molecule has 1 aromatic rings. The van der Waals surface area contributed by atoms with Crippen LogP contribution in [0.3, 0.4) is 0 Å². The summed E-state index contributed by atoms with van der Waals surface area (Å²) in [5.41, 5.74) is 2.27. The van der Waals surface area contributed by atoms with Crippen molar-refractivity contribution in [3.8, 4) is 0 Å². The number of para-hydroxylation sites is 1. The number of rotatable bonds is 2. The maximum Gasteiger partial charge on any atom is 0.328 e. The smallest absolute Gasteiger partial charge is 0.328 e. The van der Waals surface area contributed by atoms with Gasteiger partial charge in [-0.25, -0.2) is 14.6 Å². The lowest BCUT2D eigenvalue weighted by atomic mass is 10.1. The Morgan fingerprint density at radius 2 is 1.82 bits per heavy atom. The van der Waals surface area contributed by atoms with E-state index in [0.29, 0.717) is 12.2 Å². The average molecular weight is 304 g/mol. The Balaban J connectivity index is 0.000000192. The molecular weight excluding hydrogens is 288 g/mol. The second-order valence-electron chi connectivity index (χ2n) is 4.83. The van der Waals surface area contributed by atoms with Crippen LogP contribution in [0.1, 0.15) is 12.0 Å². The Bertz CT molecular complexity index is 623. The average Bonchev–Trinajstić information content (AvgIpc) is 2.84. The first-order valence-corrected chi connectivity index (χ1v) is 6.71. The molecule has 0 radical (unpaired) electrons. The molecule has 22 heavy (non-hydrogen) atoms. The van der Waals surface area contributed by atoms with Gasteiger partial charge in [0.05, 0.1) is 5.69 Å². The molecule has 0 aromatic heterocycles. The van der Waals surface area contributed by atoms with Crippen molar-refractivity contribution in [2.45, 2.75) is 19.1 Å². The molecule has 1 fully saturated rings. The van der Waals surface area contributed by atoms with Crippen LogP contribution in [0.15, 0.2) is 41.4 Å². The maximum absolute atomic E-state index is 9.68. The van der Waals surface area contributed by atoms with Crippen LogP contribution in [0.2, 0.25) is 0 Å². The summed E-state index contributed by atoms with van der Waals surface area (Å²) in [5.74, 6) is -1.66. The number of carboxylic acids is 2. The molecule has 2 aliphatic heterocycles. The molecule has 116 valence electrons. The molecule has 1 atom stereocenters. The van der Waals surface area contributed by atoms with E-state index < -0.39 is 11.9 Å². The van der Waals surface area contributed by atoms with Crippen molar-refractivity contribution < 1.29 is 24.9 Å². The summed E-state index contributed by atoms with van der Waals surface area (Å²) in [6.45, 7) is 1.82. The van der Waals surface area contributed by atoms with Crippen LogP contribution in [-0.4, -0.2) is 50.6 Å². The zero-order valence-electron chi connectivity index (χ0n) is 11.7. The molecule has 0 amide bonds. The van der Waals surface area contributed by atoms with E-state index >= 15 is 0 Å². The van der Waals surface area contributed by atoms with Crippen LogP contribution >= 0.6 is 0 Å². The molecule has 2 aliphatic rings. The lowest BCUT2D eigenvalue weighted by Gasteiger charge is -2.25. The number of nitrogens with zero attached hydrogens (tertiary/aromatic N) is 2. The summed E-state index contributed by atoms with van der Waals surface area (Å²) in [6.07, 6.45) is 1.57. The van der Waals surface area contributed by atoms with Gasteiger partial charge in [-0.1, -0.05) is 18.2 Å². The van der Waals surface area contributed by atoms with Crippen molar-refractivity contribution in [2.24, 2.45) is 4.99 Å². The Hall–Kier alpha value is -2.67. The molecule has 3 N–H and O–H groups in total. The lowest BCUT2D eigenvalue weighted by molar-refractivity contribution is -0.134. The lowest BCUT2D eigenvalue weighted by Crippen LogP contribution is -2.31. The van der Waals surface area contributed by atoms with Crippen LogP contribution in [0.4, 0.5) is 5.69 Å². The summed E-state index contributed by atoms with van der Waals surface area (Å²) in [6, 6.07) is 8.12. The number of benzene rings is 1. The second kappa shape index (κ2) is 6.86. The van der Waals surface area contributed by atoms with E-state index in [1.54, 1.807) is 0 Å². The molecule has 1 saturated heterocycles. The third-order valence-electron chi connectivity index (χ3n) is 3.25. The first kappa shape index (κ1) is 15.7. The minimum Gasteiger partial charge on any atom is -0.478 e. The summed E-state index contributed by atoms with van der Waals surface area (Å²) in [4.78, 5) is 25.7. The third-order valence-corrected chi connectivity index (χ3v) is 3.25. The van der Waals surface area contributed by atoms with Gasteiger partial charge in [0, 0.05) is 25.2 Å². The maximum atomic E-state index is 9.68. The Kier molecular flexibility index (Phi) is 4.90. The molecule has 0 aliphatic carbocycles. The molecule has 7 heteroatoms. The molecule has 3 rings (SSSR count). The van der Waals surface area contributed by atoms with Crippen molar-refractivity contribution in [1.29, 1.82) is 0 Å². The van der Waals surface area contributed by atoms with E-state index in [2.05, 4.69) is 16.0 Å². The van der Waals surface area contributed by atoms with E-state index in [1.165, 1.54) is 5.56 Å². The number of aliphatic imine (C=N–C) groups is 1. The van der Waals surface area contributed by atoms with E-state index in [1.807, 2.05) is 18.2 Å². The highest BCUT2D eigenvalue weighted by Gasteiger charge is 2.30. The van der Waals surface area contributed by atoms with Gasteiger partial charge in [-0.05, 0) is 18.1 Å². The highest BCUT2D eigenvalue weighted by Crippen LogP contribution is 2.29. The van der Waals surface area contributed by atoms with Crippen molar-refractivity contribution in [2.75, 3.05) is 6.54 Å². The Morgan fingerprint density at radius 1 is 1.18 bits per heavy atom. The number of aliphatic hydroxyl groups is 1. The van der Waals surface area contributed by atoms with Gasteiger partial charge in [-0.15, -0.1) is 0 Å². The zero-order valence-corrected chi connectivity index (χ0v) is 11.7. The minimum atomic E-state index is -1.26. The SMILES string of the molecule is O=C(O)/C=C/C(=O)O.OC1CCN2Cc3ccccc3N=C12. The Labute approximate surface area is 126 Å². The zero-order chi connectivity index (χ0) is 16.1. The predicted octanol–water partition coefficient (Wildman–Crippen LogP) is 1.01. The fourth-order valence-corrected chi connectivity index (χ4v) is 2.26. The molecular formula is C15H16N2O5. The van der Waals surface area contributed by atoms with E-state index in [-0.39, 0.29) is 6.10 Å². The molecule has 0 bridgehead atoms.